The Bertz CT molecular complexity index is 1040. The summed E-state index contributed by atoms with van der Waals surface area (Å²) < 4.78 is 20.0. The number of aliphatic hydroxyl groups is 1. The topological polar surface area (TPSA) is 70.1 Å². The first-order valence-electron chi connectivity index (χ1n) is 9.77. The molecule has 0 radical (unpaired) electrons. The highest BCUT2D eigenvalue weighted by Crippen LogP contribution is 2.42. The lowest BCUT2D eigenvalue weighted by atomic mass is 9.94. The van der Waals surface area contributed by atoms with Crippen LogP contribution in [0.25, 0.3) is 5.76 Å². The maximum absolute atomic E-state index is 14.8. The average molecular weight is 447 g/mol. The summed E-state index contributed by atoms with van der Waals surface area (Å²) >= 11 is 6.08. The minimum absolute atomic E-state index is 0.133. The number of Topliss-reactive ketones (excluding diaryl/α,β-unsaturated/α-hetero) is 1. The van der Waals surface area contributed by atoms with E-state index in [0.29, 0.717) is 18.0 Å². The van der Waals surface area contributed by atoms with Crippen LogP contribution in [0, 0.1) is 5.82 Å². The van der Waals surface area contributed by atoms with E-state index in [-0.39, 0.29) is 29.0 Å². The zero-order chi connectivity index (χ0) is 22.7. The standard InChI is InChI=1S/C23H24ClFN2O4/c1-26(2)11-6-12-27-20(15-7-4-5-8-17(15)25)19(22(29)23(27)30)21(28)16-13-14(24)9-10-18(16)31-3/h4-5,7-10,13,20,28H,6,11-12H2,1-3H3/b21-19+. The lowest BCUT2D eigenvalue weighted by Gasteiger charge is -2.26. The first-order valence-corrected chi connectivity index (χ1v) is 10.2. The molecule has 0 spiro atoms. The van der Waals surface area contributed by atoms with Crippen molar-refractivity contribution in [1.82, 2.24) is 9.80 Å². The maximum atomic E-state index is 14.8. The molecule has 6 nitrogen and oxygen atoms in total. The number of ketones is 1. The Morgan fingerprint density at radius 2 is 1.94 bits per heavy atom. The highest BCUT2D eigenvalue weighted by Gasteiger charge is 2.46. The van der Waals surface area contributed by atoms with E-state index in [9.17, 15) is 19.1 Å². The number of likely N-dealkylation sites (tertiary alicyclic amines) is 1. The fourth-order valence-electron chi connectivity index (χ4n) is 3.70. The largest absolute Gasteiger partial charge is 0.507 e. The summed E-state index contributed by atoms with van der Waals surface area (Å²) in [6.45, 7) is 0.903. The van der Waals surface area contributed by atoms with Crippen LogP contribution in [-0.4, -0.2) is 60.9 Å². The van der Waals surface area contributed by atoms with Gasteiger partial charge in [-0.25, -0.2) is 4.39 Å². The van der Waals surface area contributed by atoms with Crippen molar-refractivity contribution in [2.45, 2.75) is 12.5 Å². The number of ether oxygens (including phenoxy) is 1. The summed E-state index contributed by atoms with van der Waals surface area (Å²) in [5.74, 6) is -2.42. The Morgan fingerprint density at radius 3 is 2.58 bits per heavy atom. The second kappa shape index (κ2) is 9.49. The van der Waals surface area contributed by atoms with Gasteiger partial charge >= 0.3 is 0 Å². The maximum Gasteiger partial charge on any atom is 0.295 e. The van der Waals surface area contributed by atoms with Gasteiger partial charge in [-0.1, -0.05) is 29.8 Å². The van der Waals surface area contributed by atoms with Gasteiger partial charge < -0.3 is 19.6 Å². The molecule has 2 aromatic rings. The van der Waals surface area contributed by atoms with Crippen LogP contribution in [0.2, 0.25) is 5.02 Å². The third kappa shape index (κ3) is 4.57. The van der Waals surface area contributed by atoms with E-state index >= 15 is 0 Å². The van der Waals surface area contributed by atoms with E-state index in [2.05, 4.69) is 0 Å². The van der Waals surface area contributed by atoms with Gasteiger partial charge in [0.15, 0.2) is 0 Å². The molecule has 2 aromatic carbocycles. The molecule has 0 bridgehead atoms. The molecule has 1 atom stereocenters. The zero-order valence-electron chi connectivity index (χ0n) is 17.6. The lowest BCUT2D eigenvalue weighted by Crippen LogP contribution is -2.32. The molecule has 1 aliphatic heterocycles. The molecule has 1 heterocycles. The number of benzene rings is 2. The summed E-state index contributed by atoms with van der Waals surface area (Å²) in [5.41, 5.74) is 0.0947. The molecule has 3 rings (SSSR count). The summed E-state index contributed by atoms with van der Waals surface area (Å²) in [4.78, 5) is 29.1. The van der Waals surface area contributed by atoms with Gasteiger partial charge in [-0.3, -0.25) is 9.59 Å². The Morgan fingerprint density at radius 1 is 1.23 bits per heavy atom. The van der Waals surface area contributed by atoms with Gasteiger partial charge in [-0.2, -0.15) is 0 Å². The van der Waals surface area contributed by atoms with E-state index in [1.54, 1.807) is 18.2 Å². The highest BCUT2D eigenvalue weighted by atomic mass is 35.5. The second-order valence-corrected chi connectivity index (χ2v) is 7.95. The molecule has 0 aliphatic carbocycles. The molecule has 1 amide bonds. The minimum Gasteiger partial charge on any atom is -0.507 e. The number of nitrogens with zero attached hydrogens (tertiary/aromatic N) is 2. The van der Waals surface area contributed by atoms with Crippen LogP contribution in [0.15, 0.2) is 48.0 Å². The lowest BCUT2D eigenvalue weighted by molar-refractivity contribution is -0.140. The van der Waals surface area contributed by atoms with Gasteiger partial charge in [-0.15, -0.1) is 0 Å². The van der Waals surface area contributed by atoms with Crippen molar-refractivity contribution in [2.24, 2.45) is 0 Å². The van der Waals surface area contributed by atoms with Crippen molar-refractivity contribution >= 4 is 29.1 Å². The van der Waals surface area contributed by atoms with Crippen LogP contribution in [0.4, 0.5) is 4.39 Å². The number of carbonyl (C=O) groups is 2. The van der Waals surface area contributed by atoms with Gasteiger partial charge in [0, 0.05) is 17.1 Å². The quantitative estimate of drug-likeness (QED) is 0.397. The molecule has 1 aliphatic rings. The second-order valence-electron chi connectivity index (χ2n) is 7.52. The first kappa shape index (κ1) is 22.8. The molecule has 164 valence electrons. The van der Waals surface area contributed by atoms with Crippen LogP contribution < -0.4 is 4.74 Å². The fraction of sp³-hybridized carbons (Fsp3) is 0.304. The number of hydrogen-bond acceptors (Lipinski definition) is 5. The smallest absolute Gasteiger partial charge is 0.295 e. The summed E-state index contributed by atoms with van der Waals surface area (Å²) in [5, 5.41) is 11.4. The van der Waals surface area contributed by atoms with Crippen LogP contribution in [0.1, 0.15) is 23.6 Å². The zero-order valence-corrected chi connectivity index (χ0v) is 18.3. The van der Waals surface area contributed by atoms with Gasteiger partial charge in [0.25, 0.3) is 11.7 Å². The predicted octanol–water partition coefficient (Wildman–Crippen LogP) is 3.86. The Balaban J connectivity index is 2.18. The molecule has 1 saturated heterocycles. The van der Waals surface area contributed by atoms with Crippen molar-refractivity contribution in [1.29, 1.82) is 0 Å². The summed E-state index contributed by atoms with van der Waals surface area (Å²) in [6, 6.07) is 9.41. The van der Waals surface area contributed by atoms with Crippen molar-refractivity contribution in [3.8, 4) is 5.75 Å². The predicted molar refractivity (Wildman–Crippen MR) is 117 cm³/mol. The number of methoxy groups -OCH3 is 1. The summed E-state index contributed by atoms with van der Waals surface area (Å²) in [7, 11) is 5.20. The van der Waals surface area contributed by atoms with E-state index in [0.717, 1.165) is 0 Å². The van der Waals surface area contributed by atoms with Crippen molar-refractivity contribution < 1.29 is 23.8 Å². The van der Waals surface area contributed by atoms with E-state index < -0.39 is 29.3 Å². The minimum atomic E-state index is -1.06. The van der Waals surface area contributed by atoms with Gasteiger partial charge in [-0.05, 0) is 51.3 Å². The average Bonchev–Trinajstić information content (AvgIpc) is 2.98. The summed E-state index contributed by atoms with van der Waals surface area (Å²) in [6.07, 6.45) is 0.575. The van der Waals surface area contributed by atoms with E-state index in [1.807, 2.05) is 19.0 Å². The number of hydrogen-bond donors (Lipinski definition) is 1. The molecule has 0 saturated carbocycles. The number of aliphatic hydroxyl groups excluding tert-OH is 1. The van der Waals surface area contributed by atoms with Crippen LogP contribution in [-0.2, 0) is 9.59 Å². The first-order chi connectivity index (χ1) is 14.8. The SMILES string of the molecule is COc1ccc(Cl)cc1/C(O)=C1\C(=O)C(=O)N(CCCN(C)C)C1c1ccccc1F. The monoisotopic (exact) mass is 446 g/mol. The Kier molecular flexibility index (Phi) is 6.97. The van der Waals surface area contributed by atoms with E-state index in [1.165, 1.54) is 36.3 Å². The van der Waals surface area contributed by atoms with Crippen LogP contribution in [0.5, 0.6) is 5.75 Å². The van der Waals surface area contributed by atoms with Gasteiger partial charge in [0.1, 0.15) is 17.3 Å². The third-order valence-corrected chi connectivity index (χ3v) is 5.40. The van der Waals surface area contributed by atoms with Crippen molar-refractivity contribution in [2.75, 3.05) is 34.3 Å². The Labute approximate surface area is 185 Å². The van der Waals surface area contributed by atoms with Crippen LogP contribution in [0.3, 0.4) is 0 Å². The number of rotatable bonds is 7. The van der Waals surface area contributed by atoms with Crippen molar-refractivity contribution in [3.05, 3.63) is 70.0 Å². The van der Waals surface area contributed by atoms with Gasteiger partial charge in [0.05, 0.1) is 24.3 Å². The molecule has 8 heteroatoms. The third-order valence-electron chi connectivity index (χ3n) is 5.16. The normalized spacial score (nSPS) is 18.1. The van der Waals surface area contributed by atoms with Crippen LogP contribution >= 0.6 is 11.6 Å². The van der Waals surface area contributed by atoms with E-state index in [4.69, 9.17) is 16.3 Å². The Hall–Kier alpha value is -2.90. The molecule has 1 fully saturated rings. The van der Waals surface area contributed by atoms with Gasteiger partial charge in [0.2, 0.25) is 0 Å². The molecule has 0 aromatic heterocycles. The number of amides is 1. The number of carbonyl (C=O) groups excluding carboxylic acids is 2. The molecule has 31 heavy (non-hydrogen) atoms. The molecule has 1 N–H and O–H groups in total. The molecular weight excluding hydrogens is 423 g/mol. The highest BCUT2D eigenvalue weighted by molar-refractivity contribution is 6.46. The molecule has 1 unspecified atom stereocenters. The number of halogens is 2. The fourth-order valence-corrected chi connectivity index (χ4v) is 3.87. The van der Waals surface area contributed by atoms with Crippen molar-refractivity contribution in [3.63, 3.8) is 0 Å². The molecular formula is C23H24ClFN2O4.